The molecular weight excluding hydrogens is 204 g/mol. The van der Waals surface area contributed by atoms with E-state index in [2.05, 4.69) is 0 Å². The summed E-state index contributed by atoms with van der Waals surface area (Å²) in [4.78, 5) is 0. The van der Waals surface area contributed by atoms with Crippen molar-refractivity contribution in [3.63, 3.8) is 0 Å². The van der Waals surface area contributed by atoms with E-state index in [0.717, 1.165) is 6.42 Å². The van der Waals surface area contributed by atoms with Gasteiger partial charge in [-0.1, -0.05) is 0 Å². The van der Waals surface area contributed by atoms with Gasteiger partial charge < -0.3 is 14.2 Å². The molecule has 0 aromatic carbocycles. The van der Waals surface area contributed by atoms with E-state index in [-0.39, 0.29) is 12.4 Å². The molecule has 0 spiro atoms. The van der Waals surface area contributed by atoms with Crippen molar-refractivity contribution in [2.45, 2.75) is 43.9 Å². The summed E-state index contributed by atoms with van der Waals surface area (Å²) < 4.78 is 16.8. The van der Waals surface area contributed by atoms with Gasteiger partial charge in [0.15, 0.2) is 6.29 Å². The number of hydrogen-bond acceptors (Lipinski definition) is 3. The standard InChI is InChI=1S/C10H15ClO3/c11-4-7-5-12-10(13-7)6-1-2-8-9(3-6)14-8/h6-10H,1-5H2/t6-,7-,8+,9-,10+/m1/s1. The summed E-state index contributed by atoms with van der Waals surface area (Å²) in [6, 6.07) is 0. The summed E-state index contributed by atoms with van der Waals surface area (Å²) in [5, 5.41) is 0. The molecule has 0 unspecified atom stereocenters. The second-order valence-electron chi connectivity index (χ2n) is 4.40. The van der Waals surface area contributed by atoms with E-state index in [9.17, 15) is 0 Å². The van der Waals surface area contributed by atoms with Crippen molar-refractivity contribution < 1.29 is 14.2 Å². The second-order valence-corrected chi connectivity index (χ2v) is 4.71. The second kappa shape index (κ2) is 3.63. The highest BCUT2D eigenvalue weighted by molar-refractivity contribution is 6.18. The molecular formula is C10H15ClO3. The van der Waals surface area contributed by atoms with Gasteiger partial charge in [-0.15, -0.1) is 11.6 Å². The van der Waals surface area contributed by atoms with Crippen LogP contribution in [0.5, 0.6) is 0 Å². The molecule has 2 heterocycles. The van der Waals surface area contributed by atoms with Crippen LogP contribution in [0.25, 0.3) is 0 Å². The first-order chi connectivity index (χ1) is 6.86. The minimum Gasteiger partial charge on any atom is -0.370 e. The van der Waals surface area contributed by atoms with Gasteiger partial charge >= 0.3 is 0 Å². The fraction of sp³-hybridized carbons (Fsp3) is 1.00. The minimum atomic E-state index is -0.0242. The highest BCUT2D eigenvalue weighted by Gasteiger charge is 2.47. The topological polar surface area (TPSA) is 31.0 Å². The zero-order valence-corrected chi connectivity index (χ0v) is 8.78. The maximum atomic E-state index is 5.72. The number of hydrogen-bond donors (Lipinski definition) is 0. The lowest BCUT2D eigenvalue weighted by Gasteiger charge is -2.23. The highest BCUT2D eigenvalue weighted by atomic mass is 35.5. The van der Waals surface area contributed by atoms with Gasteiger partial charge in [-0.2, -0.15) is 0 Å². The molecule has 1 saturated carbocycles. The van der Waals surface area contributed by atoms with Crippen LogP contribution in [0.4, 0.5) is 0 Å². The Morgan fingerprint density at radius 2 is 2.07 bits per heavy atom. The van der Waals surface area contributed by atoms with Gasteiger partial charge in [0.2, 0.25) is 0 Å². The van der Waals surface area contributed by atoms with Crippen LogP contribution in [0, 0.1) is 5.92 Å². The lowest BCUT2D eigenvalue weighted by molar-refractivity contribution is -0.100. The molecule has 3 fully saturated rings. The fourth-order valence-electron chi connectivity index (χ4n) is 2.48. The molecule has 0 bridgehead atoms. The molecule has 5 atom stereocenters. The van der Waals surface area contributed by atoms with Crippen LogP contribution >= 0.6 is 11.6 Å². The van der Waals surface area contributed by atoms with Gasteiger partial charge in [0.1, 0.15) is 0 Å². The fourth-order valence-corrected chi connectivity index (χ4v) is 2.64. The normalized spacial score (nSPS) is 51.6. The molecule has 3 nitrogen and oxygen atoms in total. The third-order valence-electron chi connectivity index (χ3n) is 3.37. The van der Waals surface area contributed by atoms with Crippen molar-refractivity contribution in [3.05, 3.63) is 0 Å². The molecule has 1 aliphatic carbocycles. The smallest absolute Gasteiger partial charge is 0.161 e. The zero-order chi connectivity index (χ0) is 9.54. The van der Waals surface area contributed by atoms with Crippen molar-refractivity contribution in [3.8, 4) is 0 Å². The van der Waals surface area contributed by atoms with Crippen molar-refractivity contribution in [1.82, 2.24) is 0 Å². The number of epoxide rings is 1. The Hall–Kier alpha value is 0.170. The van der Waals surface area contributed by atoms with Crippen LogP contribution in [0.1, 0.15) is 19.3 Å². The number of fused-ring (bicyclic) bond motifs is 1. The monoisotopic (exact) mass is 218 g/mol. The molecule has 0 amide bonds. The molecule has 14 heavy (non-hydrogen) atoms. The van der Waals surface area contributed by atoms with Crippen molar-refractivity contribution in [1.29, 1.82) is 0 Å². The zero-order valence-electron chi connectivity index (χ0n) is 8.02. The van der Waals surface area contributed by atoms with Gasteiger partial charge in [-0.3, -0.25) is 0 Å². The molecule has 0 radical (unpaired) electrons. The van der Waals surface area contributed by atoms with Crippen molar-refractivity contribution in [2.24, 2.45) is 5.92 Å². The average Bonchev–Trinajstić information content (AvgIpc) is 2.84. The van der Waals surface area contributed by atoms with E-state index in [4.69, 9.17) is 25.8 Å². The van der Waals surface area contributed by atoms with Crippen LogP contribution in [0.15, 0.2) is 0 Å². The Morgan fingerprint density at radius 1 is 1.14 bits per heavy atom. The van der Waals surface area contributed by atoms with E-state index < -0.39 is 0 Å². The van der Waals surface area contributed by atoms with Crippen LogP contribution in [-0.2, 0) is 14.2 Å². The SMILES string of the molecule is ClC[C@@H]1CO[C@H]([C@@H]2CC[C@@H]3O[C@@H]3C2)O1. The Bertz CT molecular complexity index is 223. The Labute approximate surface area is 88.7 Å². The van der Waals surface area contributed by atoms with Crippen LogP contribution in [-0.4, -0.2) is 37.1 Å². The predicted octanol–water partition coefficient (Wildman–Crippen LogP) is 1.53. The van der Waals surface area contributed by atoms with E-state index in [1.165, 1.54) is 12.8 Å². The summed E-state index contributed by atoms with van der Waals surface area (Å²) in [7, 11) is 0. The molecule has 2 aliphatic heterocycles. The van der Waals surface area contributed by atoms with E-state index in [1.807, 2.05) is 0 Å². The molecule has 3 aliphatic rings. The van der Waals surface area contributed by atoms with Crippen LogP contribution in [0.3, 0.4) is 0 Å². The molecule has 4 heteroatoms. The maximum Gasteiger partial charge on any atom is 0.161 e. The summed E-state index contributed by atoms with van der Waals surface area (Å²) in [6.45, 7) is 0.652. The minimum absolute atomic E-state index is 0.0242. The summed E-state index contributed by atoms with van der Waals surface area (Å²) in [5.74, 6) is 1.05. The average molecular weight is 219 g/mol. The van der Waals surface area contributed by atoms with Gasteiger partial charge in [-0.25, -0.2) is 0 Å². The Balaban J connectivity index is 1.55. The maximum absolute atomic E-state index is 5.72. The quantitative estimate of drug-likeness (QED) is 0.520. The molecule has 0 aromatic heterocycles. The number of ether oxygens (including phenoxy) is 3. The highest BCUT2D eigenvalue weighted by Crippen LogP contribution is 2.42. The predicted molar refractivity (Wildman–Crippen MR) is 51.3 cm³/mol. The van der Waals surface area contributed by atoms with E-state index in [0.29, 0.717) is 30.6 Å². The van der Waals surface area contributed by atoms with Crippen molar-refractivity contribution in [2.75, 3.05) is 12.5 Å². The first-order valence-electron chi connectivity index (χ1n) is 5.35. The van der Waals surface area contributed by atoms with Crippen molar-refractivity contribution >= 4 is 11.6 Å². The molecule has 2 saturated heterocycles. The Morgan fingerprint density at radius 3 is 2.79 bits per heavy atom. The first-order valence-corrected chi connectivity index (χ1v) is 5.89. The molecule has 0 N–H and O–H groups in total. The lowest BCUT2D eigenvalue weighted by atomic mass is 9.89. The largest absolute Gasteiger partial charge is 0.370 e. The van der Waals surface area contributed by atoms with Crippen LogP contribution in [0.2, 0.25) is 0 Å². The number of halogens is 1. The number of rotatable bonds is 2. The third kappa shape index (κ3) is 1.67. The van der Waals surface area contributed by atoms with Gasteiger partial charge in [0.25, 0.3) is 0 Å². The molecule has 80 valence electrons. The van der Waals surface area contributed by atoms with Gasteiger partial charge in [0.05, 0.1) is 30.8 Å². The summed E-state index contributed by atoms with van der Waals surface area (Å²) >= 11 is 5.72. The first kappa shape index (κ1) is 9.40. The molecule has 0 aromatic rings. The van der Waals surface area contributed by atoms with Crippen LogP contribution < -0.4 is 0 Å². The van der Waals surface area contributed by atoms with Gasteiger partial charge in [0, 0.05) is 5.92 Å². The van der Waals surface area contributed by atoms with E-state index >= 15 is 0 Å². The Kier molecular flexibility index (Phi) is 2.44. The number of alkyl halides is 1. The lowest BCUT2D eigenvalue weighted by Crippen LogP contribution is -2.27. The summed E-state index contributed by atoms with van der Waals surface area (Å²) in [5.41, 5.74) is 0. The third-order valence-corrected chi connectivity index (χ3v) is 3.72. The van der Waals surface area contributed by atoms with E-state index in [1.54, 1.807) is 0 Å². The summed E-state index contributed by atoms with van der Waals surface area (Å²) in [6.07, 6.45) is 4.56. The van der Waals surface area contributed by atoms with Gasteiger partial charge in [-0.05, 0) is 19.3 Å². The molecule has 3 rings (SSSR count).